The van der Waals surface area contributed by atoms with Crippen LogP contribution in [0.25, 0.3) is 11.3 Å². The number of hydrogen-bond donors (Lipinski definition) is 2. The number of anilines is 2. The Morgan fingerprint density at radius 3 is 2.64 bits per heavy atom. The van der Waals surface area contributed by atoms with Gasteiger partial charge < -0.3 is 15.3 Å². The van der Waals surface area contributed by atoms with Crippen LogP contribution in [-0.4, -0.2) is 35.2 Å². The number of hydrogen-bond acceptors (Lipinski definition) is 5. The predicted octanol–water partition coefficient (Wildman–Crippen LogP) is 3.91. The lowest BCUT2D eigenvalue weighted by molar-refractivity contribution is -0.115. The summed E-state index contributed by atoms with van der Waals surface area (Å²) in [5, 5.41) is 14.4. The number of aliphatic hydroxyl groups is 1. The fourth-order valence-corrected chi connectivity index (χ4v) is 3.41. The monoisotopic (exact) mass is 403 g/mol. The van der Waals surface area contributed by atoms with Gasteiger partial charge in [0.1, 0.15) is 0 Å². The summed E-state index contributed by atoms with van der Waals surface area (Å²) in [7, 11) is 0. The molecule has 146 valence electrons. The van der Waals surface area contributed by atoms with Crippen LogP contribution in [0.15, 0.2) is 53.9 Å². The summed E-state index contributed by atoms with van der Waals surface area (Å²) >= 11 is 1.19. The number of aromatic nitrogens is 1. The van der Waals surface area contributed by atoms with Gasteiger partial charge in [0.25, 0.3) is 0 Å². The summed E-state index contributed by atoms with van der Waals surface area (Å²) in [6.07, 6.45) is -0.604. The minimum atomic E-state index is -0.951. The number of para-hydroxylation sites is 1. The van der Waals surface area contributed by atoms with Crippen LogP contribution in [0, 0.1) is 11.6 Å². The van der Waals surface area contributed by atoms with E-state index in [0.717, 1.165) is 17.8 Å². The topological polar surface area (TPSA) is 65.5 Å². The molecule has 5 nitrogen and oxygen atoms in total. The Balaban J connectivity index is 1.68. The summed E-state index contributed by atoms with van der Waals surface area (Å²) in [4.78, 5) is 18.5. The van der Waals surface area contributed by atoms with Gasteiger partial charge in [-0.05, 0) is 37.3 Å². The van der Waals surface area contributed by atoms with E-state index in [1.807, 2.05) is 30.3 Å². The maximum Gasteiger partial charge on any atom is 0.245 e. The Kier molecular flexibility index (Phi) is 6.33. The second kappa shape index (κ2) is 8.90. The first-order valence-corrected chi connectivity index (χ1v) is 9.49. The Labute approximate surface area is 165 Å². The largest absolute Gasteiger partial charge is 0.392 e. The molecule has 0 aliphatic heterocycles. The average molecular weight is 403 g/mol. The van der Waals surface area contributed by atoms with Crippen LogP contribution in [0.5, 0.6) is 0 Å². The molecule has 28 heavy (non-hydrogen) atoms. The molecule has 1 aromatic heterocycles. The van der Waals surface area contributed by atoms with Gasteiger partial charge in [0.15, 0.2) is 16.8 Å². The molecule has 0 bridgehead atoms. The van der Waals surface area contributed by atoms with E-state index in [0.29, 0.717) is 22.9 Å². The zero-order valence-corrected chi connectivity index (χ0v) is 15.9. The molecule has 0 aliphatic rings. The third-order valence-electron chi connectivity index (χ3n) is 3.91. The highest BCUT2D eigenvalue weighted by Gasteiger charge is 2.15. The van der Waals surface area contributed by atoms with E-state index < -0.39 is 17.7 Å². The number of nitrogens with zero attached hydrogens (tertiary/aromatic N) is 2. The Morgan fingerprint density at radius 2 is 1.96 bits per heavy atom. The van der Waals surface area contributed by atoms with Gasteiger partial charge in [-0.25, -0.2) is 13.8 Å². The number of thiazole rings is 1. The van der Waals surface area contributed by atoms with E-state index in [2.05, 4.69) is 10.3 Å². The van der Waals surface area contributed by atoms with E-state index in [1.54, 1.807) is 17.2 Å². The molecule has 3 rings (SSSR count). The van der Waals surface area contributed by atoms with Gasteiger partial charge in [0, 0.05) is 23.2 Å². The fourth-order valence-electron chi connectivity index (χ4n) is 2.67. The molecule has 0 fully saturated rings. The summed E-state index contributed by atoms with van der Waals surface area (Å²) in [5.74, 6) is -2.17. The number of carbonyl (C=O) groups is 1. The van der Waals surface area contributed by atoms with Crippen molar-refractivity contribution in [2.45, 2.75) is 13.0 Å². The maximum atomic E-state index is 13.4. The van der Waals surface area contributed by atoms with Gasteiger partial charge in [-0.3, -0.25) is 4.79 Å². The van der Waals surface area contributed by atoms with Gasteiger partial charge in [0.05, 0.1) is 18.3 Å². The van der Waals surface area contributed by atoms with E-state index in [1.165, 1.54) is 17.4 Å². The molecule has 0 spiro atoms. The molecule has 8 heteroatoms. The Bertz CT molecular complexity index is 948. The minimum absolute atomic E-state index is 0.0367. The number of nitrogens with one attached hydrogen (secondary N) is 1. The molecule has 2 aromatic carbocycles. The molecule has 1 heterocycles. The lowest BCUT2D eigenvalue weighted by Gasteiger charge is -2.25. The summed E-state index contributed by atoms with van der Waals surface area (Å²) < 4.78 is 26.5. The van der Waals surface area contributed by atoms with Crippen molar-refractivity contribution in [3.63, 3.8) is 0 Å². The van der Waals surface area contributed by atoms with Crippen LogP contribution in [0.4, 0.5) is 19.6 Å². The van der Waals surface area contributed by atoms with E-state index >= 15 is 0 Å². The van der Waals surface area contributed by atoms with Crippen molar-refractivity contribution in [3.8, 4) is 11.3 Å². The van der Waals surface area contributed by atoms with E-state index in [9.17, 15) is 18.7 Å². The van der Waals surface area contributed by atoms with E-state index in [4.69, 9.17) is 0 Å². The Hall–Kier alpha value is -2.84. The first kappa shape index (κ1) is 19.9. The van der Waals surface area contributed by atoms with Crippen LogP contribution >= 0.6 is 11.3 Å². The van der Waals surface area contributed by atoms with Crippen molar-refractivity contribution < 1.29 is 18.7 Å². The summed E-state index contributed by atoms with van der Waals surface area (Å²) in [6.45, 7) is 1.99. The third kappa shape index (κ3) is 5.11. The van der Waals surface area contributed by atoms with Crippen molar-refractivity contribution in [2.75, 3.05) is 23.3 Å². The Morgan fingerprint density at radius 1 is 1.21 bits per heavy atom. The second-order valence-corrected chi connectivity index (χ2v) is 7.14. The van der Waals surface area contributed by atoms with Gasteiger partial charge in [-0.2, -0.15) is 0 Å². The van der Waals surface area contributed by atoms with Gasteiger partial charge >= 0.3 is 0 Å². The molecule has 3 aromatic rings. The lowest BCUT2D eigenvalue weighted by atomic mass is 10.2. The molecule has 0 saturated heterocycles. The molecular weight excluding hydrogens is 384 g/mol. The van der Waals surface area contributed by atoms with Crippen LogP contribution < -0.4 is 10.2 Å². The SMILES string of the molecule is CC(O)CN(CC(=O)Nc1nc(-c2ccc(F)c(F)c2)cs1)c1ccccc1. The molecule has 1 unspecified atom stereocenters. The highest BCUT2D eigenvalue weighted by atomic mass is 32.1. The van der Waals surface area contributed by atoms with Crippen LogP contribution in [0.3, 0.4) is 0 Å². The van der Waals surface area contributed by atoms with Crippen molar-refractivity contribution in [1.29, 1.82) is 0 Å². The summed E-state index contributed by atoms with van der Waals surface area (Å²) in [6, 6.07) is 12.8. The number of carbonyl (C=O) groups excluding carboxylic acids is 1. The normalized spacial score (nSPS) is 11.9. The molecule has 1 amide bonds. The number of amides is 1. The highest BCUT2D eigenvalue weighted by molar-refractivity contribution is 7.14. The van der Waals surface area contributed by atoms with E-state index in [-0.39, 0.29) is 12.5 Å². The number of aliphatic hydroxyl groups excluding tert-OH is 1. The molecule has 0 saturated carbocycles. The average Bonchev–Trinajstić information content (AvgIpc) is 3.12. The zero-order valence-electron chi connectivity index (χ0n) is 15.1. The number of rotatable bonds is 7. The van der Waals surface area contributed by atoms with Crippen LogP contribution in [-0.2, 0) is 4.79 Å². The van der Waals surface area contributed by atoms with Crippen molar-refractivity contribution in [1.82, 2.24) is 4.98 Å². The molecule has 2 N–H and O–H groups in total. The molecule has 0 aliphatic carbocycles. The second-order valence-electron chi connectivity index (χ2n) is 6.28. The number of benzene rings is 2. The lowest BCUT2D eigenvalue weighted by Crippen LogP contribution is -2.37. The van der Waals surface area contributed by atoms with Crippen LogP contribution in [0.1, 0.15) is 6.92 Å². The summed E-state index contributed by atoms with van der Waals surface area (Å²) in [5.41, 5.74) is 1.69. The first-order chi connectivity index (χ1) is 13.4. The van der Waals surface area contributed by atoms with Crippen LogP contribution in [0.2, 0.25) is 0 Å². The standard InChI is InChI=1S/C20H19F2N3O2S/c1-13(26)10-25(15-5-3-2-4-6-15)11-19(27)24-20-23-18(12-28-20)14-7-8-16(21)17(22)9-14/h2-9,12-13,26H,10-11H2,1H3,(H,23,24,27). The zero-order chi connectivity index (χ0) is 20.1. The quantitative estimate of drug-likeness (QED) is 0.628. The molecule has 0 radical (unpaired) electrons. The highest BCUT2D eigenvalue weighted by Crippen LogP contribution is 2.26. The third-order valence-corrected chi connectivity index (χ3v) is 4.66. The molecular formula is C20H19F2N3O2S. The number of halogens is 2. The minimum Gasteiger partial charge on any atom is -0.392 e. The predicted molar refractivity (Wildman–Crippen MR) is 106 cm³/mol. The van der Waals surface area contributed by atoms with Gasteiger partial charge in [0.2, 0.25) is 5.91 Å². The van der Waals surface area contributed by atoms with Gasteiger partial charge in [-0.15, -0.1) is 11.3 Å². The first-order valence-electron chi connectivity index (χ1n) is 8.61. The van der Waals surface area contributed by atoms with Crippen molar-refractivity contribution in [2.24, 2.45) is 0 Å². The fraction of sp³-hybridized carbons (Fsp3) is 0.200. The molecule has 1 atom stereocenters. The van der Waals surface area contributed by atoms with Gasteiger partial charge in [-0.1, -0.05) is 18.2 Å². The maximum absolute atomic E-state index is 13.4. The van der Waals surface area contributed by atoms with Crippen molar-refractivity contribution >= 4 is 28.1 Å². The smallest absolute Gasteiger partial charge is 0.245 e. The van der Waals surface area contributed by atoms with Crippen molar-refractivity contribution in [3.05, 3.63) is 65.5 Å².